The molecular formula is C13H18N2O3. The fourth-order valence-electron chi connectivity index (χ4n) is 2.17. The van der Waals surface area contributed by atoms with E-state index in [9.17, 15) is 10.1 Å². The number of non-ortho nitro benzene ring substituents is 1. The van der Waals surface area contributed by atoms with Gasteiger partial charge in [-0.2, -0.15) is 0 Å². The van der Waals surface area contributed by atoms with Crippen LogP contribution in [-0.4, -0.2) is 23.7 Å². The first-order valence-corrected chi connectivity index (χ1v) is 6.20. The molecule has 1 N–H and O–H groups in total. The number of nitro benzene ring substituents is 1. The Morgan fingerprint density at radius 1 is 1.50 bits per heavy atom. The molecule has 18 heavy (non-hydrogen) atoms. The number of nitrogens with zero attached hydrogens (tertiary/aromatic N) is 1. The molecule has 1 aliphatic rings. The van der Waals surface area contributed by atoms with Gasteiger partial charge in [0, 0.05) is 24.4 Å². The van der Waals surface area contributed by atoms with Gasteiger partial charge in [-0.3, -0.25) is 10.1 Å². The molecule has 1 aromatic rings. The first-order chi connectivity index (χ1) is 8.56. The van der Waals surface area contributed by atoms with Gasteiger partial charge in [-0.1, -0.05) is 6.07 Å². The number of nitrogens with one attached hydrogen (secondary N) is 1. The molecule has 0 aliphatic carbocycles. The lowest BCUT2D eigenvalue weighted by Gasteiger charge is -2.14. The quantitative estimate of drug-likeness (QED) is 0.659. The van der Waals surface area contributed by atoms with Crippen LogP contribution in [0.3, 0.4) is 0 Å². The van der Waals surface area contributed by atoms with E-state index >= 15 is 0 Å². The number of anilines is 1. The standard InChI is InChI=1S/C13H18N2O3/c1-9-3-5-11(15(16)17)7-13(9)14-8-12-6-4-10(2)18-12/h3,5,7,10,12,14H,4,6,8H2,1-2H3. The SMILES string of the molecule is Cc1ccc([N+](=O)[O-])cc1NCC1CCC(C)O1. The summed E-state index contributed by atoms with van der Waals surface area (Å²) in [4.78, 5) is 10.3. The second kappa shape index (κ2) is 5.35. The summed E-state index contributed by atoms with van der Waals surface area (Å²) >= 11 is 0. The first-order valence-electron chi connectivity index (χ1n) is 6.20. The van der Waals surface area contributed by atoms with Crippen molar-refractivity contribution in [3.05, 3.63) is 33.9 Å². The van der Waals surface area contributed by atoms with Crippen molar-refractivity contribution in [2.24, 2.45) is 0 Å². The van der Waals surface area contributed by atoms with Crippen molar-refractivity contribution in [2.75, 3.05) is 11.9 Å². The average molecular weight is 250 g/mol. The highest BCUT2D eigenvalue weighted by Gasteiger charge is 2.21. The van der Waals surface area contributed by atoms with Crippen LogP contribution in [0, 0.1) is 17.0 Å². The molecule has 0 radical (unpaired) electrons. The van der Waals surface area contributed by atoms with Crippen LogP contribution in [0.5, 0.6) is 0 Å². The van der Waals surface area contributed by atoms with Crippen LogP contribution in [0.1, 0.15) is 25.3 Å². The fourth-order valence-corrected chi connectivity index (χ4v) is 2.17. The van der Waals surface area contributed by atoms with Crippen LogP contribution in [-0.2, 0) is 4.74 Å². The molecule has 98 valence electrons. The van der Waals surface area contributed by atoms with Crippen LogP contribution >= 0.6 is 0 Å². The van der Waals surface area contributed by atoms with E-state index in [4.69, 9.17) is 4.74 Å². The fraction of sp³-hybridized carbons (Fsp3) is 0.538. The minimum atomic E-state index is -0.376. The zero-order chi connectivity index (χ0) is 13.1. The van der Waals surface area contributed by atoms with E-state index in [1.54, 1.807) is 12.1 Å². The number of hydrogen-bond donors (Lipinski definition) is 1. The van der Waals surface area contributed by atoms with Gasteiger partial charge in [0.25, 0.3) is 5.69 Å². The molecular weight excluding hydrogens is 232 g/mol. The summed E-state index contributed by atoms with van der Waals surface area (Å²) in [6.07, 6.45) is 2.66. The van der Waals surface area contributed by atoms with Crippen molar-refractivity contribution < 1.29 is 9.66 Å². The second-order valence-electron chi connectivity index (χ2n) is 4.78. The molecule has 2 rings (SSSR count). The van der Waals surface area contributed by atoms with Gasteiger partial charge >= 0.3 is 0 Å². The lowest BCUT2D eigenvalue weighted by atomic mass is 10.1. The molecule has 0 amide bonds. The summed E-state index contributed by atoms with van der Waals surface area (Å²) in [5, 5.41) is 14.0. The smallest absolute Gasteiger partial charge is 0.271 e. The van der Waals surface area contributed by atoms with Gasteiger partial charge in [-0.15, -0.1) is 0 Å². The Kier molecular flexibility index (Phi) is 3.81. The minimum Gasteiger partial charge on any atom is -0.382 e. The predicted octanol–water partition coefficient (Wildman–Crippen LogP) is 2.88. The van der Waals surface area contributed by atoms with Crippen LogP contribution in [0.25, 0.3) is 0 Å². The molecule has 1 aliphatic heterocycles. The predicted molar refractivity (Wildman–Crippen MR) is 69.9 cm³/mol. The van der Waals surface area contributed by atoms with Crippen LogP contribution in [0.15, 0.2) is 18.2 Å². The average Bonchev–Trinajstić information content (AvgIpc) is 2.74. The Labute approximate surface area is 106 Å². The molecule has 0 aromatic heterocycles. The lowest BCUT2D eigenvalue weighted by molar-refractivity contribution is -0.384. The number of rotatable bonds is 4. The highest BCUT2D eigenvalue weighted by Crippen LogP contribution is 2.24. The van der Waals surface area contributed by atoms with Gasteiger partial charge in [0.1, 0.15) is 0 Å². The van der Waals surface area contributed by atoms with E-state index in [1.807, 2.05) is 6.92 Å². The van der Waals surface area contributed by atoms with Gasteiger partial charge in [0.2, 0.25) is 0 Å². The molecule has 2 atom stereocenters. The Morgan fingerprint density at radius 2 is 2.28 bits per heavy atom. The van der Waals surface area contributed by atoms with E-state index < -0.39 is 0 Å². The molecule has 5 nitrogen and oxygen atoms in total. The van der Waals surface area contributed by atoms with Crippen LogP contribution < -0.4 is 5.32 Å². The third-order valence-corrected chi connectivity index (χ3v) is 3.27. The summed E-state index contributed by atoms with van der Waals surface area (Å²) < 4.78 is 5.70. The maximum absolute atomic E-state index is 10.7. The normalized spacial score (nSPS) is 23.0. The van der Waals surface area contributed by atoms with Crippen LogP contribution in [0.4, 0.5) is 11.4 Å². The number of hydrogen-bond acceptors (Lipinski definition) is 4. The third-order valence-electron chi connectivity index (χ3n) is 3.27. The van der Waals surface area contributed by atoms with Crippen molar-refractivity contribution in [3.63, 3.8) is 0 Å². The molecule has 5 heteroatoms. The van der Waals surface area contributed by atoms with Crippen LogP contribution in [0.2, 0.25) is 0 Å². The second-order valence-corrected chi connectivity index (χ2v) is 4.78. The minimum absolute atomic E-state index is 0.115. The topological polar surface area (TPSA) is 64.4 Å². The van der Waals surface area contributed by atoms with Gasteiger partial charge in [0.15, 0.2) is 0 Å². The van der Waals surface area contributed by atoms with Crippen molar-refractivity contribution in [2.45, 2.75) is 38.9 Å². The Balaban J connectivity index is 2.00. The zero-order valence-corrected chi connectivity index (χ0v) is 10.7. The van der Waals surface area contributed by atoms with Crippen molar-refractivity contribution in [1.29, 1.82) is 0 Å². The maximum atomic E-state index is 10.7. The molecule has 2 unspecified atom stereocenters. The van der Waals surface area contributed by atoms with E-state index in [-0.39, 0.29) is 16.7 Å². The summed E-state index contributed by atoms with van der Waals surface area (Å²) in [6, 6.07) is 4.86. The first kappa shape index (κ1) is 12.8. The number of aryl methyl sites for hydroxylation is 1. The van der Waals surface area contributed by atoms with Crippen molar-refractivity contribution in [1.82, 2.24) is 0 Å². The summed E-state index contributed by atoms with van der Waals surface area (Å²) in [5.41, 5.74) is 1.93. The van der Waals surface area contributed by atoms with E-state index in [0.717, 1.165) is 24.1 Å². The summed E-state index contributed by atoms with van der Waals surface area (Å²) in [6.45, 7) is 4.70. The molecule has 1 heterocycles. The molecule has 1 fully saturated rings. The molecule has 0 saturated carbocycles. The van der Waals surface area contributed by atoms with Gasteiger partial charge in [-0.05, 0) is 32.3 Å². The molecule has 0 spiro atoms. The largest absolute Gasteiger partial charge is 0.382 e. The monoisotopic (exact) mass is 250 g/mol. The van der Waals surface area contributed by atoms with Gasteiger partial charge < -0.3 is 10.1 Å². The Morgan fingerprint density at radius 3 is 2.89 bits per heavy atom. The number of nitro groups is 1. The Hall–Kier alpha value is -1.62. The van der Waals surface area contributed by atoms with Crippen molar-refractivity contribution in [3.8, 4) is 0 Å². The van der Waals surface area contributed by atoms with E-state index in [2.05, 4.69) is 12.2 Å². The molecule has 1 aromatic carbocycles. The van der Waals surface area contributed by atoms with E-state index in [0.29, 0.717) is 12.6 Å². The lowest BCUT2D eigenvalue weighted by Crippen LogP contribution is -2.20. The Bertz CT molecular complexity index is 448. The molecule has 0 bridgehead atoms. The maximum Gasteiger partial charge on any atom is 0.271 e. The highest BCUT2D eigenvalue weighted by atomic mass is 16.6. The highest BCUT2D eigenvalue weighted by molar-refractivity contribution is 5.56. The summed E-state index contributed by atoms with van der Waals surface area (Å²) in [7, 11) is 0. The zero-order valence-electron chi connectivity index (χ0n) is 10.7. The third kappa shape index (κ3) is 2.98. The van der Waals surface area contributed by atoms with Gasteiger partial charge in [-0.25, -0.2) is 0 Å². The van der Waals surface area contributed by atoms with E-state index in [1.165, 1.54) is 6.07 Å². The van der Waals surface area contributed by atoms with Gasteiger partial charge in [0.05, 0.1) is 17.1 Å². The summed E-state index contributed by atoms with van der Waals surface area (Å²) in [5.74, 6) is 0. The molecule has 1 saturated heterocycles. The number of benzene rings is 1. The van der Waals surface area contributed by atoms with Crippen molar-refractivity contribution >= 4 is 11.4 Å². The number of ether oxygens (including phenoxy) is 1.